The van der Waals surface area contributed by atoms with Gasteiger partial charge in [0.05, 0.1) is 0 Å². The van der Waals surface area contributed by atoms with Crippen LogP contribution >= 0.6 is 0 Å². The number of rotatable bonds is 0. The summed E-state index contributed by atoms with van der Waals surface area (Å²) in [5, 5.41) is 0. The predicted octanol–water partition coefficient (Wildman–Crippen LogP) is -15.5. The van der Waals surface area contributed by atoms with Gasteiger partial charge in [-0.1, -0.05) is 0 Å². The first kappa shape index (κ1) is 57.1. The maximum Gasteiger partial charge on any atom is 3.00 e. The van der Waals surface area contributed by atoms with Crippen LogP contribution in [0.25, 0.3) is 0 Å². The van der Waals surface area contributed by atoms with E-state index in [4.69, 9.17) is 42.2 Å². The Morgan fingerprint density at radius 2 is 0.556 bits per heavy atom. The van der Waals surface area contributed by atoms with Crippen molar-refractivity contribution in [2.24, 2.45) is 0 Å². The maximum atomic E-state index is 8.52. The normalized spacial score (nSPS) is 4.00. The molecule has 0 spiro atoms. The van der Waals surface area contributed by atoms with Crippen molar-refractivity contribution < 1.29 is 110 Å². The molecule has 0 N–H and O–H groups in total. The number of hydrogen-bond donors (Lipinski definition) is 0. The van der Waals surface area contributed by atoms with Crippen LogP contribution in [-0.2, 0) is 13.4 Å². The van der Waals surface area contributed by atoms with E-state index in [2.05, 4.69) is 0 Å². The van der Waals surface area contributed by atoms with Gasteiger partial charge in [0.2, 0.25) is 0 Å². The molecule has 0 radical (unpaired) electrons. The van der Waals surface area contributed by atoms with Crippen LogP contribution in [-0.4, -0.2) is 138 Å². The van der Waals surface area contributed by atoms with Crippen molar-refractivity contribution in [3.63, 3.8) is 0 Å². The van der Waals surface area contributed by atoms with E-state index in [0.29, 0.717) is 0 Å². The van der Waals surface area contributed by atoms with Gasteiger partial charge in [-0.05, 0) is 0 Å². The molecule has 0 aliphatic heterocycles. The third-order valence-corrected chi connectivity index (χ3v) is 0. The van der Waals surface area contributed by atoms with Crippen molar-refractivity contribution in [2.45, 2.75) is 0 Å². The second-order valence-electron chi connectivity index (χ2n) is 0.750. The van der Waals surface area contributed by atoms with Crippen LogP contribution in [0.4, 0.5) is 0 Å². The van der Waals surface area contributed by atoms with Crippen LogP contribution in [0.1, 0.15) is 8.56 Å². The van der Waals surface area contributed by atoms with Crippen molar-refractivity contribution in [3.05, 3.63) is 0 Å². The van der Waals surface area contributed by atoms with Crippen LogP contribution in [0.15, 0.2) is 0 Å². The number of hydrogen-bond acceptors (Lipinski definition) is 9. The van der Waals surface area contributed by atoms with Gasteiger partial charge < -0.3 is 50.7 Å². The van der Waals surface area contributed by atoms with Crippen molar-refractivity contribution in [1.82, 2.24) is 0 Å². The van der Waals surface area contributed by atoms with Crippen LogP contribution in [0.3, 0.4) is 0 Å². The Balaban J connectivity index is -0.00000000312. The van der Waals surface area contributed by atoms with E-state index >= 15 is 0 Å². The third-order valence-electron chi connectivity index (χ3n) is 0. The quantitative estimate of drug-likeness (QED) is 0.346. The maximum absolute atomic E-state index is 8.52. The molecule has 0 aliphatic rings. The molecule has 18 heteroatoms. The molecule has 0 unspecified atom stereocenters. The van der Waals surface area contributed by atoms with Crippen molar-refractivity contribution >= 4 is 138 Å². The Morgan fingerprint density at radius 1 is 0.556 bits per heavy atom. The topological polar surface area (TPSA) is 190 Å². The summed E-state index contributed by atoms with van der Waals surface area (Å²) in [6, 6.07) is 0. The molecule has 0 atom stereocenters. The van der Waals surface area contributed by atoms with Gasteiger partial charge in [0, 0.05) is 27.5 Å². The van der Waals surface area contributed by atoms with E-state index in [1.54, 1.807) is 0 Å². The standard InChI is InChI=1S/2Al.2Ca.2Na.3O3Si.6H/c;;;;;;3*1-4(2)3;;;;;;/q2*+3;2*+2;2*+1;3*-2;6*-1. The van der Waals surface area contributed by atoms with Gasteiger partial charge >= 0.3 is 169 Å². The first-order chi connectivity index (χ1) is 5.20. The van der Waals surface area contributed by atoms with Gasteiger partial charge in [-0.3, -0.25) is 0 Å². The van der Waals surface area contributed by atoms with Crippen molar-refractivity contribution in [2.75, 3.05) is 0 Å². The van der Waals surface area contributed by atoms with Crippen molar-refractivity contribution in [1.29, 1.82) is 0 Å². The second-order valence-corrected chi connectivity index (χ2v) is 2.25. The average Bonchev–Trinajstić information content (AvgIpc) is 1.54. The Labute approximate surface area is 242 Å². The molecule has 0 saturated heterocycles. The molecule has 0 aliphatic carbocycles. The molecule has 0 aromatic rings. The fourth-order valence-corrected chi connectivity index (χ4v) is 0. The molecule has 0 amide bonds. The Hall–Kier alpha value is 4.44. The molecule has 0 heterocycles. The van der Waals surface area contributed by atoms with Crippen LogP contribution in [0.2, 0.25) is 0 Å². The van der Waals surface area contributed by atoms with E-state index in [-0.39, 0.29) is 178 Å². The zero-order valence-electron chi connectivity index (χ0n) is 15.7. The monoisotopic (exact) mass is 414 g/mol. The Morgan fingerprint density at radius 3 is 0.556 bits per heavy atom. The SMILES string of the molecule is O=[Si]([O-])[O-].O=[Si]([O-])[O-].O=[Si]([O-])[O-].[Al+3].[Al+3].[Ca+2].[Ca+2].[H-].[H-].[H-].[H-].[H-].[H-].[Na+].[Na+]. The largest absolute Gasteiger partial charge is 3.00 e. The van der Waals surface area contributed by atoms with E-state index in [1.807, 2.05) is 0 Å². The van der Waals surface area contributed by atoms with E-state index in [0.717, 1.165) is 0 Å². The predicted molar refractivity (Wildman–Crippen MR) is 49.0 cm³/mol. The molecule has 0 bridgehead atoms. The van der Waals surface area contributed by atoms with Gasteiger partial charge in [-0.2, -0.15) is 0 Å². The first-order valence-corrected chi connectivity index (χ1v) is 5.51. The molecular formula is H6Al2Ca2Na2O9Si3. The fourth-order valence-electron chi connectivity index (χ4n) is 0. The minimum absolute atomic E-state index is 0. The summed E-state index contributed by atoms with van der Waals surface area (Å²) in [4.78, 5) is 51.1. The van der Waals surface area contributed by atoms with Gasteiger partial charge in [0.1, 0.15) is 0 Å². The minimum atomic E-state index is -3.63. The second kappa shape index (κ2) is 49.6. The van der Waals surface area contributed by atoms with Crippen LogP contribution < -0.4 is 87.9 Å². The summed E-state index contributed by atoms with van der Waals surface area (Å²) in [6.07, 6.45) is 0. The van der Waals surface area contributed by atoms with Gasteiger partial charge in [0.25, 0.3) is 0 Å². The summed E-state index contributed by atoms with van der Waals surface area (Å²) in [5.74, 6) is 0. The molecule has 84 valence electrons. The molecule has 0 saturated carbocycles. The van der Waals surface area contributed by atoms with Gasteiger partial charge in [0.15, 0.2) is 0 Å². The molecule has 0 rings (SSSR count). The summed E-state index contributed by atoms with van der Waals surface area (Å²) in [5.41, 5.74) is 0. The summed E-state index contributed by atoms with van der Waals surface area (Å²) >= 11 is 0. The average molecular weight is 414 g/mol. The smallest absolute Gasteiger partial charge is 1.00 e. The molecule has 9 nitrogen and oxygen atoms in total. The first-order valence-electron chi connectivity index (χ1n) is 1.84. The Kier molecular flexibility index (Phi) is 157. The van der Waals surface area contributed by atoms with Gasteiger partial charge in [-0.25, -0.2) is 0 Å². The minimum Gasteiger partial charge on any atom is -1.00 e. The fraction of sp³-hybridized carbons (Fsp3) is 0. The summed E-state index contributed by atoms with van der Waals surface area (Å²) in [6.45, 7) is 0. The van der Waals surface area contributed by atoms with Gasteiger partial charge in [-0.15, -0.1) is 0 Å². The van der Waals surface area contributed by atoms with Crippen LogP contribution in [0, 0.1) is 0 Å². The molecule has 0 aromatic carbocycles. The zero-order chi connectivity index (χ0) is 10.7. The summed E-state index contributed by atoms with van der Waals surface area (Å²) in [7, 11) is -10.9. The molecule has 0 aromatic heterocycles. The van der Waals surface area contributed by atoms with E-state index < -0.39 is 27.5 Å². The van der Waals surface area contributed by atoms with E-state index in [9.17, 15) is 0 Å². The molecule has 0 fully saturated rings. The summed E-state index contributed by atoms with van der Waals surface area (Å²) < 4.78 is 25.6. The zero-order valence-corrected chi connectivity index (χ0v) is 23.5. The van der Waals surface area contributed by atoms with Crippen LogP contribution in [0.5, 0.6) is 0 Å². The molecular weight excluding hydrogens is 408 g/mol. The molecule has 18 heavy (non-hydrogen) atoms. The Bertz CT molecular complexity index is 153. The van der Waals surface area contributed by atoms with Crippen molar-refractivity contribution in [3.8, 4) is 0 Å². The third kappa shape index (κ3) is 392. The van der Waals surface area contributed by atoms with E-state index in [1.165, 1.54) is 0 Å².